The number of rotatable bonds is 4. The molecule has 5 heteroatoms. The molecule has 3 rings (SSSR count). The second-order valence-corrected chi connectivity index (χ2v) is 5.11. The lowest BCUT2D eigenvalue weighted by Crippen LogP contribution is -2.19. The van der Waals surface area contributed by atoms with Crippen molar-refractivity contribution in [2.24, 2.45) is 5.10 Å². The SMILES string of the molecule is COc1ccc(/C(C)=N/NC(=O)c2cccc3cc[nH]c23)cc1. The third kappa shape index (κ3) is 3.08. The number of amides is 1. The van der Waals surface area contributed by atoms with E-state index in [4.69, 9.17) is 4.74 Å². The molecule has 0 fully saturated rings. The van der Waals surface area contributed by atoms with Gasteiger partial charge in [0.25, 0.3) is 5.91 Å². The lowest BCUT2D eigenvalue weighted by molar-refractivity contribution is 0.0956. The summed E-state index contributed by atoms with van der Waals surface area (Å²) in [4.78, 5) is 15.4. The van der Waals surface area contributed by atoms with Gasteiger partial charge >= 0.3 is 0 Å². The Bertz CT molecular complexity index is 863. The number of methoxy groups -OCH3 is 1. The van der Waals surface area contributed by atoms with Crippen molar-refractivity contribution >= 4 is 22.5 Å². The van der Waals surface area contributed by atoms with Crippen LogP contribution in [0.25, 0.3) is 10.9 Å². The first-order chi connectivity index (χ1) is 11.2. The standard InChI is InChI=1S/C18H17N3O2/c1-12(13-6-8-15(23-2)9-7-13)20-21-18(22)16-5-3-4-14-10-11-19-17(14)16/h3-11,19H,1-2H3,(H,21,22)/b20-12+. The number of carbonyl (C=O) groups is 1. The van der Waals surface area contributed by atoms with E-state index in [1.165, 1.54) is 0 Å². The first-order valence-corrected chi connectivity index (χ1v) is 7.24. The average Bonchev–Trinajstić information content (AvgIpc) is 3.08. The van der Waals surface area contributed by atoms with E-state index in [9.17, 15) is 4.79 Å². The monoisotopic (exact) mass is 307 g/mol. The molecule has 0 aliphatic rings. The fraction of sp³-hybridized carbons (Fsp3) is 0.111. The quantitative estimate of drug-likeness (QED) is 0.573. The van der Waals surface area contributed by atoms with Gasteiger partial charge in [-0.15, -0.1) is 0 Å². The number of hydrogen-bond donors (Lipinski definition) is 2. The van der Waals surface area contributed by atoms with Gasteiger partial charge in [0.1, 0.15) is 5.75 Å². The van der Waals surface area contributed by atoms with Crippen molar-refractivity contribution in [2.45, 2.75) is 6.92 Å². The van der Waals surface area contributed by atoms with Crippen LogP contribution in [0.2, 0.25) is 0 Å². The Morgan fingerprint density at radius 1 is 1.13 bits per heavy atom. The highest BCUT2D eigenvalue weighted by atomic mass is 16.5. The minimum Gasteiger partial charge on any atom is -0.497 e. The fourth-order valence-corrected chi connectivity index (χ4v) is 2.37. The number of nitrogens with one attached hydrogen (secondary N) is 2. The Morgan fingerprint density at radius 3 is 2.65 bits per heavy atom. The van der Waals surface area contributed by atoms with Crippen molar-refractivity contribution in [1.82, 2.24) is 10.4 Å². The Balaban J connectivity index is 1.78. The summed E-state index contributed by atoms with van der Waals surface area (Å²) < 4.78 is 5.13. The molecule has 0 bridgehead atoms. The molecule has 0 spiro atoms. The number of benzene rings is 2. The van der Waals surface area contributed by atoms with Crippen molar-refractivity contribution in [3.63, 3.8) is 0 Å². The van der Waals surface area contributed by atoms with E-state index in [0.29, 0.717) is 5.56 Å². The first-order valence-electron chi connectivity index (χ1n) is 7.24. The summed E-state index contributed by atoms with van der Waals surface area (Å²) >= 11 is 0. The fourth-order valence-electron chi connectivity index (χ4n) is 2.37. The summed E-state index contributed by atoms with van der Waals surface area (Å²) in [6.45, 7) is 1.84. The number of H-pyrrole nitrogens is 1. The highest BCUT2D eigenvalue weighted by Gasteiger charge is 2.10. The van der Waals surface area contributed by atoms with Crippen LogP contribution in [-0.4, -0.2) is 23.7 Å². The number of hydrazone groups is 1. The summed E-state index contributed by atoms with van der Waals surface area (Å²) in [6, 6.07) is 15.0. The molecule has 5 nitrogen and oxygen atoms in total. The topological polar surface area (TPSA) is 66.5 Å². The van der Waals surface area contributed by atoms with Gasteiger partial charge in [-0.25, -0.2) is 5.43 Å². The maximum Gasteiger partial charge on any atom is 0.273 e. The van der Waals surface area contributed by atoms with Crippen LogP contribution >= 0.6 is 0 Å². The van der Waals surface area contributed by atoms with Gasteiger partial charge in [-0.3, -0.25) is 4.79 Å². The summed E-state index contributed by atoms with van der Waals surface area (Å²) in [5.74, 6) is 0.537. The third-order valence-electron chi connectivity index (χ3n) is 3.66. The molecule has 1 heterocycles. The van der Waals surface area contributed by atoms with Crippen molar-refractivity contribution < 1.29 is 9.53 Å². The number of para-hydroxylation sites is 1. The lowest BCUT2D eigenvalue weighted by atomic mass is 10.1. The Hall–Kier alpha value is -3.08. The van der Waals surface area contributed by atoms with Crippen LogP contribution in [0, 0.1) is 0 Å². The third-order valence-corrected chi connectivity index (χ3v) is 3.66. The van der Waals surface area contributed by atoms with E-state index in [1.807, 2.05) is 55.6 Å². The number of nitrogens with zero attached hydrogens (tertiary/aromatic N) is 1. The molecule has 1 amide bonds. The number of ether oxygens (including phenoxy) is 1. The summed E-state index contributed by atoms with van der Waals surface area (Å²) in [5.41, 5.74) is 5.62. The van der Waals surface area contributed by atoms with Gasteiger partial charge < -0.3 is 9.72 Å². The number of aromatic amines is 1. The molecule has 3 aromatic rings. The molecule has 0 aliphatic heterocycles. The van der Waals surface area contributed by atoms with Crippen LogP contribution < -0.4 is 10.2 Å². The predicted octanol–water partition coefficient (Wildman–Crippen LogP) is 3.33. The second-order valence-electron chi connectivity index (χ2n) is 5.11. The zero-order chi connectivity index (χ0) is 16.2. The highest BCUT2D eigenvalue weighted by molar-refractivity contribution is 6.06. The molecule has 0 radical (unpaired) electrons. The number of aromatic nitrogens is 1. The molecule has 0 saturated carbocycles. The van der Waals surface area contributed by atoms with Crippen molar-refractivity contribution in [3.05, 3.63) is 65.9 Å². The summed E-state index contributed by atoms with van der Waals surface area (Å²) in [6.07, 6.45) is 1.81. The van der Waals surface area contributed by atoms with Gasteiger partial charge in [0.15, 0.2) is 0 Å². The van der Waals surface area contributed by atoms with Crippen molar-refractivity contribution in [1.29, 1.82) is 0 Å². The largest absolute Gasteiger partial charge is 0.497 e. The molecule has 0 aliphatic carbocycles. The van der Waals surface area contributed by atoms with Crippen molar-refractivity contribution in [3.8, 4) is 5.75 Å². The highest BCUT2D eigenvalue weighted by Crippen LogP contribution is 2.17. The zero-order valence-corrected chi connectivity index (χ0v) is 13.0. The van der Waals surface area contributed by atoms with E-state index < -0.39 is 0 Å². The minimum absolute atomic E-state index is 0.245. The van der Waals surface area contributed by atoms with Crippen LogP contribution in [0.4, 0.5) is 0 Å². The van der Waals surface area contributed by atoms with Gasteiger partial charge in [-0.1, -0.05) is 12.1 Å². The van der Waals surface area contributed by atoms with Crippen LogP contribution in [0.5, 0.6) is 5.75 Å². The van der Waals surface area contributed by atoms with Gasteiger partial charge in [0.05, 0.1) is 23.9 Å². The number of hydrogen-bond acceptors (Lipinski definition) is 3. The normalized spacial score (nSPS) is 11.5. The van der Waals surface area contributed by atoms with E-state index in [1.54, 1.807) is 13.2 Å². The molecule has 1 aromatic heterocycles. The maximum absolute atomic E-state index is 12.3. The van der Waals surface area contributed by atoms with E-state index in [2.05, 4.69) is 15.5 Å². The van der Waals surface area contributed by atoms with Gasteiger partial charge in [0, 0.05) is 11.6 Å². The smallest absolute Gasteiger partial charge is 0.273 e. The molecule has 116 valence electrons. The first kappa shape index (κ1) is 14.8. The molecule has 23 heavy (non-hydrogen) atoms. The average molecular weight is 307 g/mol. The molecule has 0 saturated heterocycles. The zero-order valence-electron chi connectivity index (χ0n) is 13.0. The summed E-state index contributed by atoms with van der Waals surface area (Å²) in [5, 5.41) is 5.17. The predicted molar refractivity (Wildman–Crippen MR) is 91.0 cm³/mol. The van der Waals surface area contributed by atoms with Gasteiger partial charge in [-0.05, 0) is 48.9 Å². The van der Waals surface area contributed by atoms with Crippen LogP contribution in [0.1, 0.15) is 22.8 Å². The summed E-state index contributed by atoms with van der Waals surface area (Å²) in [7, 11) is 1.62. The van der Waals surface area contributed by atoms with Crippen LogP contribution in [0.15, 0.2) is 59.8 Å². The molecule has 0 unspecified atom stereocenters. The molecule has 0 atom stereocenters. The second kappa shape index (κ2) is 6.36. The Labute approximate surface area is 134 Å². The van der Waals surface area contributed by atoms with Crippen LogP contribution in [-0.2, 0) is 0 Å². The molecule has 2 N–H and O–H groups in total. The molecule has 2 aromatic carbocycles. The van der Waals surface area contributed by atoms with E-state index in [-0.39, 0.29) is 5.91 Å². The van der Waals surface area contributed by atoms with E-state index in [0.717, 1.165) is 27.9 Å². The number of fused-ring (bicyclic) bond motifs is 1. The lowest BCUT2D eigenvalue weighted by Gasteiger charge is -2.05. The van der Waals surface area contributed by atoms with Crippen molar-refractivity contribution in [2.75, 3.05) is 7.11 Å². The maximum atomic E-state index is 12.3. The van der Waals surface area contributed by atoms with Gasteiger partial charge in [0.2, 0.25) is 0 Å². The van der Waals surface area contributed by atoms with Crippen LogP contribution in [0.3, 0.4) is 0 Å². The van der Waals surface area contributed by atoms with E-state index >= 15 is 0 Å². The Morgan fingerprint density at radius 2 is 1.91 bits per heavy atom. The number of carbonyl (C=O) groups excluding carboxylic acids is 1. The van der Waals surface area contributed by atoms with Gasteiger partial charge in [-0.2, -0.15) is 5.10 Å². The Kier molecular flexibility index (Phi) is 4.10. The minimum atomic E-state index is -0.245. The molecular weight excluding hydrogens is 290 g/mol. The molecular formula is C18H17N3O2.